The Hall–Kier alpha value is -3.48. The van der Waals surface area contributed by atoms with Crippen LogP contribution >= 0.6 is 0 Å². The molecule has 1 aromatic heterocycles. The normalized spacial score (nSPS) is 15.3. The molecule has 5 atom stereocenters. The molecule has 0 aliphatic heterocycles. The molecule has 3 amide bonds. The van der Waals surface area contributed by atoms with Crippen molar-refractivity contribution in [3.8, 4) is 0 Å². The Morgan fingerprint density at radius 3 is 2.11 bits per heavy atom. The minimum absolute atomic E-state index is 0.0391. The fourth-order valence-corrected chi connectivity index (χ4v) is 3.45. The molecule has 1 rings (SSSR count). The number of rotatable bonds is 16. The largest absolute Gasteiger partial charge is 0.481 e. The van der Waals surface area contributed by atoms with Gasteiger partial charge in [-0.3, -0.25) is 19.2 Å². The second-order valence-corrected chi connectivity index (χ2v) is 9.28. The van der Waals surface area contributed by atoms with Crippen LogP contribution in [-0.4, -0.2) is 74.0 Å². The highest BCUT2D eigenvalue weighted by atomic mass is 16.4. The molecule has 0 aromatic carbocycles. The molecule has 36 heavy (non-hydrogen) atoms. The van der Waals surface area contributed by atoms with Crippen molar-refractivity contribution in [2.75, 3.05) is 0 Å². The third-order valence-corrected chi connectivity index (χ3v) is 5.73. The molecule has 0 bridgehead atoms. The van der Waals surface area contributed by atoms with E-state index < -0.39 is 60.2 Å². The van der Waals surface area contributed by atoms with Gasteiger partial charge < -0.3 is 36.9 Å². The van der Waals surface area contributed by atoms with Crippen molar-refractivity contribution in [1.29, 1.82) is 0 Å². The number of aliphatic carboxylic acids is 2. The van der Waals surface area contributed by atoms with Crippen LogP contribution in [0, 0.1) is 11.8 Å². The highest BCUT2D eigenvalue weighted by Crippen LogP contribution is 2.11. The van der Waals surface area contributed by atoms with E-state index in [1.54, 1.807) is 13.8 Å². The topological polar surface area (TPSA) is 217 Å². The number of nitrogens with zero attached hydrogens (tertiary/aromatic N) is 1. The zero-order chi connectivity index (χ0) is 27.4. The van der Waals surface area contributed by atoms with E-state index in [2.05, 4.69) is 25.9 Å². The fraction of sp³-hybridized carbons (Fsp3) is 0.652. The highest BCUT2D eigenvalue weighted by Gasteiger charge is 2.32. The van der Waals surface area contributed by atoms with Crippen LogP contribution in [0.5, 0.6) is 0 Å². The number of hydrogen-bond donors (Lipinski definition) is 7. The third kappa shape index (κ3) is 10.4. The van der Waals surface area contributed by atoms with Crippen LogP contribution in [0.1, 0.15) is 59.1 Å². The van der Waals surface area contributed by atoms with Crippen molar-refractivity contribution >= 4 is 29.7 Å². The van der Waals surface area contributed by atoms with E-state index in [1.165, 1.54) is 12.5 Å². The van der Waals surface area contributed by atoms with Gasteiger partial charge in [0.15, 0.2) is 0 Å². The van der Waals surface area contributed by atoms with Gasteiger partial charge in [-0.15, -0.1) is 0 Å². The smallest absolute Gasteiger partial charge is 0.326 e. The lowest BCUT2D eigenvalue weighted by molar-refractivity contribution is -0.144. The van der Waals surface area contributed by atoms with Gasteiger partial charge in [0, 0.05) is 24.7 Å². The number of nitrogens with one attached hydrogen (secondary N) is 4. The minimum atomic E-state index is -1.27. The molecule has 8 N–H and O–H groups in total. The summed E-state index contributed by atoms with van der Waals surface area (Å²) in [5, 5.41) is 26.1. The molecular weight excluding hydrogens is 472 g/mol. The van der Waals surface area contributed by atoms with Crippen LogP contribution in [-0.2, 0) is 30.4 Å². The van der Waals surface area contributed by atoms with E-state index in [-0.39, 0.29) is 31.1 Å². The quantitative estimate of drug-likeness (QED) is 0.156. The predicted molar refractivity (Wildman–Crippen MR) is 129 cm³/mol. The maximum atomic E-state index is 13.1. The number of hydrogen-bond acceptors (Lipinski definition) is 7. The summed E-state index contributed by atoms with van der Waals surface area (Å²) in [6.45, 7) is 7.15. The second-order valence-electron chi connectivity index (χ2n) is 9.28. The molecule has 5 unspecified atom stereocenters. The molecule has 0 saturated heterocycles. The Bertz CT molecular complexity index is 890. The first-order valence-electron chi connectivity index (χ1n) is 11.9. The first-order chi connectivity index (χ1) is 16.8. The van der Waals surface area contributed by atoms with E-state index >= 15 is 0 Å². The van der Waals surface area contributed by atoms with Gasteiger partial charge in [-0.25, -0.2) is 9.78 Å². The van der Waals surface area contributed by atoms with Gasteiger partial charge in [0.05, 0.1) is 12.4 Å². The SMILES string of the molecule is CCC(C)C(NC(=O)C(CC(C)C)NC(=O)C(CCC(=O)O)NC(=O)C(N)Cc1cnc[nH]1)C(=O)O. The number of carboxylic acids is 2. The van der Waals surface area contributed by atoms with Crippen molar-refractivity contribution in [3.05, 3.63) is 18.2 Å². The molecule has 0 aliphatic carbocycles. The lowest BCUT2D eigenvalue weighted by atomic mass is 9.97. The summed E-state index contributed by atoms with van der Waals surface area (Å²) in [5.74, 6) is -4.87. The van der Waals surface area contributed by atoms with Crippen LogP contribution in [0.4, 0.5) is 0 Å². The summed E-state index contributed by atoms with van der Waals surface area (Å²) >= 11 is 0. The predicted octanol–water partition coefficient (Wildman–Crippen LogP) is -0.224. The summed E-state index contributed by atoms with van der Waals surface area (Å²) in [4.78, 5) is 68.0. The number of carbonyl (C=O) groups is 5. The molecular formula is C23H38N6O7. The Morgan fingerprint density at radius 1 is 1.00 bits per heavy atom. The van der Waals surface area contributed by atoms with Gasteiger partial charge in [-0.1, -0.05) is 34.1 Å². The summed E-state index contributed by atoms with van der Waals surface area (Å²) in [6, 6.07) is -4.54. The van der Waals surface area contributed by atoms with Gasteiger partial charge in [0.1, 0.15) is 18.1 Å². The number of amides is 3. The number of imidazole rings is 1. The second kappa shape index (κ2) is 14.8. The summed E-state index contributed by atoms with van der Waals surface area (Å²) < 4.78 is 0. The van der Waals surface area contributed by atoms with Crippen molar-refractivity contribution in [2.45, 2.75) is 84.0 Å². The third-order valence-electron chi connectivity index (χ3n) is 5.73. The highest BCUT2D eigenvalue weighted by molar-refractivity contribution is 5.94. The average Bonchev–Trinajstić information content (AvgIpc) is 3.31. The molecule has 0 spiro atoms. The molecule has 13 nitrogen and oxygen atoms in total. The molecule has 0 radical (unpaired) electrons. The van der Waals surface area contributed by atoms with Gasteiger partial charge >= 0.3 is 11.9 Å². The number of carbonyl (C=O) groups excluding carboxylic acids is 3. The van der Waals surface area contributed by atoms with Crippen LogP contribution < -0.4 is 21.7 Å². The minimum Gasteiger partial charge on any atom is -0.481 e. The van der Waals surface area contributed by atoms with Crippen molar-refractivity contribution in [2.24, 2.45) is 17.6 Å². The van der Waals surface area contributed by atoms with Crippen molar-refractivity contribution in [3.63, 3.8) is 0 Å². The van der Waals surface area contributed by atoms with Gasteiger partial charge in [-0.05, 0) is 24.7 Å². The maximum Gasteiger partial charge on any atom is 0.326 e. The molecule has 1 heterocycles. The number of nitrogens with two attached hydrogens (primary N) is 1. The summed E-state index contributed by atoms with van der Waals surface area (Å²) in [5.41, 5.74) is 6.53. The molecule has 1 aromatic rings. The average molecular weight is 511 g/mol. The monoisotopic (exact) mass is 510 g/mol. The van der Waals surface area contributed by atoms with E-state index in [0.717, 1.165) is 0 Å². The number of aromatic amines is 1. The van der Waals surface area contributed by atoms with Gasteiger partial charge in [0.2, 0.25) is 17.7 Å². The van der Waals surface area contributed by atoms with E-state index in [1.807, 2.05) is 13.8 Å². The van der Waals surface area contributed by atoms with Gasteiger partial charge in [-0.2, -0.15) is 0 Å². The van der Waals surface area contributed by atoms with Crippen molar-refractivity contribution < 1.29 is 34.2 Å². The molecule has 0 saturated carbocycles. The first-order valence-corrected chi connectivity index (χ1v) is 11.9. The lowest BCUT2D eigenvalue weighted by Gasteiger charge is -2.27. The number of carboxylic acid groups (broad SMARTS) is 2. The van der Waals surface area contributed by atoms with Crippen LogP contribution in [0.25, 0.3) is 0 Å². The Balaban J connectivity index is 3.00. The maximum absolute atomic E-state index is 13.1. The number of aromatic nitrogens is 2. The van der Waals surface area contributed by atoms with Gasteiger partial charge in [0.25, 0.3) is 0 Å². The molecule has 0 aliphatic rings. The van der Waals surface area contributed by atoms with Crippen LogP contribution in [0.15, 0.2) is 12.5 Å². The van der Waals surface area contributed by atoms with E-state index in [0.29, 0.717) is 12.1 Å². The van der Waals surface area contributed by atoms with Crippen LogP contribution in [0.2, 0.25) is 0 Å². The number of H-pyrrole nitrogens is 1. The van der Waals surface area contributed by atoms with E-state index in [4.69, 9.17) is 10.8 Å². The summed E-state index contributed by atoms with van der Waals surface area (Å²) in [6.07, 6.45) is 3.11. The standard InChI is InChI=1S/C23H38N6O7/c1-5-13(4)19(23(35)36)29-22(34)17(8-12(2)3)28-21(33)16(6-7-18(30)31)27-20(32)15(24)9-14-10-25-11-26-14/h10-13,15-17,19H,5-9,24H2,1-4H3,(H,25,26)(H,27,32)(H,28,33)(H,29,34)(H,30,31)(H,35,36). The Kier molecular flexibility index (Phi) is 12.6. The van der Waals surface area contributed by atoms with E-state index in [9.17, 15) is 29.1 Å². The summed E-state index contributed by atoms with van der Waals surface area (Å²) in [7, 11) is 0. The molecule has 202 valence electrons. The fourth-order valence-electron chi connectivity index (χ4n) is 3.45. The molecule has 13 heteroatoms. The zero-order valence-corrected chi connectivity index (χ0v) is 21.1. The van der Waals surface area contributed by atoms with Crippen molar-refractivity contribution in [1.82, 2.24) is 25.9 Å². The Labute approximate surface area is 210 Å². The zero-order valence-electron chi connectivity index (χ0n) is 21.1. The Morgan fingerprint density at radius 2 is 1.61 bits per heavy atom. The molecule has 0 fully saturated rings. The van der Waals surface area contributed by atoms with Crippen LogP contribution in [0.3, 0.4) is 0 Å². The first kappa shape index (κ1) is 30.6. The lowest BCUT2D eigenvalue weighted by Crippen LogP contribution is -2.58.